The third-order valence-electron chi connectivity index (χ3n) is 8.12. The van der Waals surface area contributed by atoms with Crippen molar-refractivity contribution in [2.45, 2.75) is 13.5 Å². The molecule has 12 nitrogen and oxygen atoms in total. The largest absolute Gasteiger partial charge is 0.495 e. The van der Waals surface area contributed by atoms with E-state index in [0.717, 1.165) is 5.56 Å². The molecule has 4 aromatic rings. The van der Waals surface area contributed by atoms with Gasteiger partial charge in [-0.2, -0.15) is 4.98 Å². The van der Waals surface area contributed by atoms with E-state index < -0.39 is 0 Å². The summed E-state index contributed by atoms with van der Waals surface area (Å²) >= 11 is 13.5. The predicted molar refractivity (Wildman–Crippen MR) is 189 cm³/mol. The van der Waals surface area contributed by atoms with E-state index in [1.807, 2.05) is 19.1 Å². The molecule has 0 aliphatic carbocycles. The second-order valence-corrected chi connectivity index (χ2v) is 11.7. The van der Waals surface area contributed by atoms with E-state index in [9.17, 15) is 14.4 Å². The van der Waals surface area contributed by atoms with Crippen molar-refractivity contribution in [3.05, 3.63) is 87.8 Å². The third-order valence-corrected chi connectivity index (χ3v) is 8.87. The summed E-state index contributed by atoms with van der Waals surface area (Å²) in [6.07, 6.45) is 4.10. The summed E-state index contributed by atoms with van der Waals surface area (Å²) < 4.78 is 12.5. The first-order valence-electron chi connectivity index (χ1n) is 15.0. The second-order valence-electron chi connectivity index (χ2n) is 11.0. The van der Waals surface area contributed by atoms with Crippen molar-refractivity contribution in [1.82, 2.24) is 24.3 Å². The van der Waals surface area contributed by atoms with E-state index >= 15 is 0 Å². The molecule has 2 N–H and O–H groups in total. The number of methoxy groups -OCH3 is 2. The lowest BCUT2D eigenvalue weighted by atomic mass is 10.0. The van der Waals surface area contributed by atoms with Crippen LogP contribution in [-0.2, 0) is 16.1 Å². The number of benzene rings is 2. The smallest absolute Gasteiger partial charge is 0.260 e. The lowest BCUT2D eigenvalue weighted by Gasteiger charge is -2.34. The van der Waals surface area contributed by atoms with E-state index in [4.69, 9.17) is 37.7 Å². The minimum Gasteiger partial charge on any atom is -0.495 e. The molecule has 3 heterocycles. The van der Waals surface area contributed by atoms with E-state index in [2.05, 4.69) is 33.7 Å². The van der Waals surface area contributed by atoms with Gasteiger partial charge in [0.15, 0.2) is 0 Å². The van der Waals surface area contributed by atoms with Crippen molar-refractivity contribution < 1.29 is 19.1 Å². The molecule has 0 saturated carbocycles. The summed E-state index contributed by atoms with van der Waals surface area (Å²) in [7, 11) is 2.93. The van der Waals surface area contributed by atoms with Crippen LogP contribution >= 0.6 is 23.2 Å². The molecule has 48 heavy (non-hydrogen) atoms. The van der Waals surface area contributed by atoms with Crippen LogP contribution in [0.1, 0.15) is 5.56 Å². The zero-order valence-electron chi connectivity index (χ0n) is 26.8. The van der Waals surface area contributed by atoms with Crippen LogP contribution < -0.4 is 25.7 Å². The van der Waals surface area contributed by atoms with Gasteiger partial charge >= 0.3 is 0 Å². The number of nitrogens with zero attached hydrogens (tertiary/aromatic N) is 5. The fourth-order valence-electron chi connectivity index (χ4n) is 5.52. The standard InChI is InChI=1S/C34H35Cl2N7O5/c1-6-26(44)38-23-10-8-9-20(3)31(23)39-34-37-19-21-17-22(28-29(35)24(47-4)18-25(48-5)30(28)36)33(46)43(32(21)40-34)16-13-41-11-14-42(15-12-41)27(45)7-2/h6-10,17-19H,1-2,11-16H2,3-5H3,(H,38,44)(H,37,39,40). The number of amides is 2. The lowest BCUT2D eigenvalue weighted by Crippen LogP contribution is -2.49. The van der Waals surface area contributed by atoms with E-state index in [-0.39, 0.29) is 51.0 Å². The van der Waals surface area contributed by atoms with Crippen molar-refractivity contribution in [2.75, 3.05) is 57.6 Å². The van der Waals surface area contributed by atoms with Crippen molar-refractivity contribution in [3.63, 3.8) is 0 Å². The Morgan fingerprint density at radius 3 is 2.31 bits per heavy atom. The van der Waals surface area contributed by atoms with E-state index in [1.165, 1.54) is 26.4 Å². The molecule has 1 saturated heterocycles. The second kappa shape index (κ2) is 14.9. The van der Waals surface area contributed by atoms with Gasteiger partial charge in [-0.3, -0.25) is 23.9 Å². The van der Waals surface area contributed by atoms with Gasteiger partial charge in [0.25, 0.3) is 5.56 Å². The van der Waals surface area contributed by atoms with Gasteiger partial charge in [0.2, 0.25) is 17.8 Å². The molecule has 0 unspecified atom stereocenters. The average Bonchev–Trinajstić information content (AvgIpc) is 3.09. The first kappa shape index (κ1) is 34.4. The summed E-state index contributed by atoms with van der Waals surface area (Å²) in [5.41, 5.74) is 2.40. The number of aromatic nitrogens is 3. The molecule has 1 fully saturated rings. The number of aryl methyl sites for hydroxylation is 1. The molecule has 14 heteroatoms. The summed E-state index contributed by atoms with van der Waals surface area (Å²) in [6, 6.07) is 8.65. The van der Waals surface area contributed by atoms with Crippen LogP contribution in [0, 0.1) is 6.92 Å². The van der Waals surface area contributed by atoms with Gasteiger partial charge in [0, 0.05) is 62.5 Å². The zero-order valence-corrected chi connectivity index (χ0v) is 28.3. The Labute approximate surface area is 287 Å². The maximum atomic E-state index is 14.4. The summed E-state index contributed by atoms with van der Waals surface area (Å²) in [5.74, 6) is 0.316. The SMILES string of the molecule is C=CC(=O)Nc1cccc(C)c1Nc1ncc2cc(-c3c(Cl)c(OC)cc(OC)c3Cl)c(=O)n(CCN3CCN(C(=O)C=C)CC3)c2n1. The number of carbonyl (C=O) groups excluding carboxylic acids is 2. The monoisotopic (exact) mass is 691 g/mol. The fourth-order valence-corrected chi connectivity index (χ4v) is 6.23. The van der Waals surface area contributed by atoms with Gasteiger partial charge in [0.05, 0.1) is 41.2 Å². The van der Waals surface area contributed by atoms with E-state index in [1.54, 1.807) is 33.9 Å². The Hall–Kier alpha value is -4.91. The molecular formula is C34H35Cl2N7O5. The molecule has 250 valence electrons. The molecular weight excluding hydrogens is 657 g/mol. The van der Waals surface area contributed by atoms with Crippen LogP contribution in [0.15, 0.2) is 66.6 Å². The maximum absolute atomic E-state index is 14.4. The number of carbonyl (C=O) groups is 2. The number of para-hydroxylation sites is 1. The number of hydrogen-bond acceptors (Lipinski definition) is 9. The van der Waals surface area contributed by atoms with Crippen LogP contribution in [0.2, 0.25) is 10.0 Å². The highest BCUT2D eigenvalue weighted by Gasteiger charge is 2.25. The van der Waals surface area contributed by atoms with Gasteiger partial charge < -0.3 is 25.0 Å². The van der Waals surface area contributed by atoms with Gasteiger partial charge in [-0.25, -0.2) is 4.98 Å². The van der Waals surface area contributed by atoms with Crippen LogP contribution in [0.4, 0.5) is 17.3 Å². The van der Waals surface area contributed by atoms with Gasteiger partial charge in [-0.15, -0.1) is 0 Å². The normalized spacial score (nSPS) is 13.2. The minimum atomic E-state index is -0.387. The number of fused-ring (bicyclic) bond motifs is 1. The minimum absolute atomic E-state index is 0.107. The number of anilines is 3. The Bertz CT molecular complexity index is 1940. The number of piperazine rings is 1. The Balaban J connectivity index is 1.61. The molecule has 0 atom stereocenters. The molecule has 0 spiro atoms. The fraction of sp³-hybridized carbons (Fsp3) is 0.265. The number of halogens is 2. The predicted octanol–water partition coefficient (Wildman–Crippen LogP) is 5.29. The quantitative estimate of drug-likeness (QED) is 0.202. The molecule has 2 aromatic heterocycles. The highest BCUT2D eigenvalue weighted by atomic mass is 35.5. The van der Waals surface area contributed by atoms with Crippen molar-refractivity contribution in [2.24, 2.45) is 0 Å². The lowest BCUT2D eigenvalue weighted by molar-refractivity contribution is -0.127. The van der Waals surface area contributed by atoms with Crippen molar-refractivity contribution in [1.29, 1.82) is 0 Å². The summed E-state index contributed by atoms with van der Waals surface area (Å²) in [4.78, 5) is 51.9. The molecule has 2 aromatic carbocycles. The average molecular weight is 693 g/mol. The van der Waals surface area contributed by atoms with Crippen LogP contribution in [-0.4, -0.2) is 83.1 Å². The summed E-state index contributed by atoms with van der Waals surface area (Å²) in [5, 5.41) is 6.87. The number of rotatable bonds is 11. The van der Waals surface area contributed by atoms with Crippen LogP contribution in [0.25, 0.3) is 22.2 Å². The molecule has 1 aliphatic rings. The van der Waals surface area contributed by atoms with Crippen LogP contribution in [0.3, 0.4) is 0 Å². The number of nitrogens with one attached hydrogen (secondary N) is 2. The summed E-state index contributed by atoms with van der Waals surface area (Å²) in [6.45, 7) is 12.1. The highest BCUT2D eigenvalue weighted by Crippen LogP contribution is 2.45. The Kier molecular flexibility index (Phi) is 10.7. The highest BCUT2D eigenvalue weighted by molar-refractivity contribution is 6.41. The van der Waals surface area contributed by atoms with Gasteiger partial charge in [0.1, 0.15) is 17.1 Å². The Morgan fingerprint density at radius 1 is 1.00 bits per heavy atom. The number of pyridine rings is 1. The Morgan fingerprint density at radius 2 is 1.69 bits per heavy atom. The van der Waals surface area contributed by atoms with Gasteiger partial charge in [-0.1, -0.05) is 48.5 Å². The van der Waals surface area contributed by atoms with Crippen molar-refractivity contribution >= 4 is 63.4 Å². The first-order chi connectivity index (χ1) is 23.1. The number of hydrogen-bond donors (Lipinski definition) is 2. The first-order valence-corrected chi connectivity index (χ1v) is 15.8. The molecule has 2 amide bonds. The van der Waals surface area contributed by atoms with E-state index in [0.29, 0.717) is 66.6 Å². The topological polar surface area (TPSA) is 131 Å². The maximum Gasteiger partial charge on any atom is 0.260 e. The molecule has 5 rings (SSSR count). The zero-order chi connectivity index (χ0) is 34.5. The number of ether oxygens (including phenoxy) is 2. The third kappa shape index (κ3) is 7.01. The molecule has 1 aliphatic heterocycles. The molecule has 0 radical (unpaired) electrons. The van der Waals surface area contributed by atoms with Crippen LogP contribution in [0.5, 0.6) is 11.5 Å². The van der Waals surface area contributed by atoms with Crippen molar-refractivity contribution in [3.8, 4) is 22.6 Å². The molecule has 0 bridgehead atoms. The van der Waals surface area contributed by atoms with Gasteiger partial charge in [-0.05, 0) is 36.8 Å².